The monoisotopic (exact) mass is 355 g/mol. The van der Waals surface area contributed by atoms with E-state index in [2.05, 4.69) is 15.3 Å². The van der Waals surface area contributed by atoms with E-state index in [0.29, 0.717) is 28.5 Å². The average molecular weight is 355 g/mol. The number of rotatable bonds is 7. The van der Waals surface area contributed by atoms with Crippen LogP contribution in [0.3, 0.4) is 0 Å². The number of nitrogens with one attached hydrogen (secondary N) is 2. The number of hydrogen-bond donors (Lipinski definition) is 3. The van der Waals surface area contributed by atoms with Crippen molar-refractivity contribution in [1.29, 1.82) is 5.41 Å². The van der Waals surface area contributed by atoms with Crippen molar-refractivity contribution in [3.8, 4) is 0 Å². The Hall–Kier alpha value is -2.34. The van der Waals surface area contributed by atoms with Gasteiger partial charge in [0, 0.05) is 23.0 Å². The van der Waals surface area contributed by atoms with Gasteiger partial charge in [-0.15, -0.1) is 0 Å². The van der Waals surface area contributed by atoms with Crippen LogP contribution >= 0.6 is 0 Å². The molecule has 0 bridgehead atoms. The molecule has 1 aromatic heterocycles. The van der Waals surface area contributed by atoms with Crippen molar-refractivity contribution in [2.45, 2.75) is 45.6 Å². The lowest BCUT2D eigenvalue weighted by atomic mass is 9.77. The van der Waals surface area contributed by atoms with Crippen LogP contribution in [0.15, 0.2) is 30.1 Å². The summed E-state index contributed by atoms with van der Waals surface area (Å²) in [6.07, 6.45) is 6.13. The van der Waals surface area contributed by atoms with Gasteiger partial charge < -0.3 is 16.5 Å². The van der Waals surface area contributed by atoms with E-state index in [0.717, 1.165) is 37.4 Å². The van der Waals surface area contributed by atoms with Crippen LogP contribution in [0.25, 0.3) is 16.6 Å². The molecule has 138 valence electrons. The second-order valence-electron chi connectivity index (χ2n) is 7.10. The zero-order chi connectivity index (χ0) is 18.7. The molecular weight excluding hydrogens is 329 g/mol. The number of para-hydroxylation sites is 1. The summed E-state index contributed by atoms with van der Waals surface area (Å²) < 4.78 is 14.1. The first-order chi connectivity index (χ1) is 12.5. The molecular formula is C20H26FN5. The molecule has 0 amide bonds. The molecule has 0 radical (unpaired) electrons. The molecule has 5 nitrogen and oxygen atoms in total. The van der Waals surface area contributed by atoms with Gasteiger partial charge in [-0.3, -0.25) is 4.98 Å². The minimum atomic E-state index is -0.397. The van der Waals surface area contributed by atoms with Crippen molar-refractivity contribution in [2.75, 3.05) is 6.54 Å². The van der Waals surface area contributed by atoms with Gasteiger partial charge in [-0.2, -0.15) is 0 Å². The van der Waals surface area contributed by atoms with E-state index in [1.165, 1.54) is 12.5 Å². The van der Waals surface area contributed by atoms with Crippen molar-refractivity contribution in [1.82, 2.24) is 15.3 Å². The molecule has 1 aliphatic carbocycles. The molecule has 26 heavy (non-hydrogen) atoms. The van der Waals surface area contributed by atoms with Crippen LogP contribution in [-0.4, -0.2) is 28.3 Å². The summed E-state index contributed by atoms with van der Waals surface area (Å²) >= 11 is 0. The van der Waals surface area contributed by atoms with Gasteiger partial charge in [0.1, 0.15) is 5.52 Å². The standard InChI is InChI=1S/C20H26FN5/c1-12(23)19(13(2)25-15-9-14(10-15)5-4-8-22)18-11-24-17-7-3-6-16(21)20(17)26-18/h3,6-7,11,14-15,23,25H,4-5,8-10,22H2,1-2H3/b19-13+,23-12?. The highest BCUT2D eigenvalue weighted by molar-refractivity contribution is 6.21. The lowest BCUT2D eigenvalue weighted by molar-refractivity contribution is 0.220. The van der Waals surface area contributed by atoms with Crippen molar-refractivity contribution >= 4 is 22.3 Å². The number of benzene rings is 1. The Morgan fingerprint density at radius 3 is 2.81 bits per heavy atom. The maximum atomic E-state index is 14.1. The van der Waals surface area contributed by atoms with E-state index in [9.17, 15) is 4.39 Å². The van der Waals surface area contributed by atoms with Gasteiger partial charge in [-0.25, -0.2) is 9.37 Å². The predicted octanol–water partition coefficient (Wildman–Crippen LogP) is 3.65. The number of nitrogens with two attached hydrogens (primary N) is 1. The molecule has 1 fully saturated rings. The Kier molecular flexibility index (Phi) is 5.61. The number of hydrogen-bond acceptors (Lipinski definition) is 5. The normalized spacial score (nSPS) is 20.5. The number of nitrogens with zero attached hydrogens (tertiary/aromatic N) is 2. The molecule has 0 unspecified atom stereocenters. The van der Waals surface area contributed by atoms with E-state index in [1.54, 1.807) is 25.3 Å². The molecule has 4 N–H and O–H groups in total. The molecule has 0 spiro atoms. The van der Waals surface area contributed by atoms with E-state index in [4.69, 9.17) is 11.1 Å². The molecule has 2 aromatic rings. The summed E-state index contributed by atoms with van der Waals surface area (Å²) in [4.78, 5) is 8.75. The number of halogens is 1. The molecule has 1 saturated carbocycles. The first-order valence-electron chi connectivity index (χ1n) is 9.14. The SMILES string of the molecule is CC(=N)/C(=C(/C)NC1CC(CCCN)C1)c1cnc2cccc(F)c2n1. The van der Waals surface area contributed by atoms with Crippen LogP contribution in [0.4, 0.5) is 4.39 Å². The van der Waals surface area contributed by atoms with Crippen molar-refractivity contribution in [3.05, 3.63) is 41.6 Å². The number of fused-ring (bicyclic) bond motifs is 1. The lowest BCUT2D eigenvalue weighted by Crippen LogP contribution is -2.40. The van der Waals surface area contributed by atoms with E-state index >= 15 is 0 Å². The minimum Gasteiger partial charge on any atom is -0.385 e. The van der Waals surface area contributed by atoms with Gasteiger partial charge in [0.05, 0.1) is 17.4 Å². The molecule has 1 aliphatic rings. The second kappa shape index (κ2) is 7.91. The summed E-state index contributed by atoms with van der Waals surface area (Å²) in [5, 5.41) is 11.7. The second-order valence-corrected chi connectivity index (χ2v) is 7.10. The Morgan fingerprint density at radius 1 is 1.35 bits per heavy atom. The highest BCUT2D eigenvalue weighted by atomic mass is 19.1. The highest BCUT2D eigenvalue weighted by Crippen LogP contribution is 2.32. The molecule has 0 atom stereocenters. The first kappa shape index (κ1) is 18.5. The van der Waals surface area contributed by atoms with Crippen LogP contribution in [0, 0.1) is 17.1 Å². The maximum absolute atomic E-state index is 14.1. The summed E-state index contributed by atoms with van der Waals surface area (Å²) in [7, 11) is 0. The van der Waals surface area contributed by atoms with Crippen LogP contribution in [0.2, 0.25) is 0 Å². The first-order valence-corrected chi connectivity index (χ1v) is 9.14. The Bertz CT molecular complexity index is 839. The van der Waals surface area contributed by atoms with Crippen molar-refractivity contribution in [2.24, 2.45) is 11.7 Å². The maximum Gasteiger partial charge on any atom is 0.151 e. The number of aromatic nitrogens is 2. The van der Waals surface area contributed by atoms with Crippen LogP contribution in [0.5, 0.6) is 0 Å². The van der Waals surface area contributed by atoms with E-state index < -0.39 is 5.82 Å². The van der Waals surface area contributed by atoms with Gasteiger partial charge in [0.2, 0.25) is 0 Å². The smallest absolute Gasteiger partial charge is 0.151 e. The molecule has 6 heteroatoms. The molecule has 1 heterocycles. The molecule has 1 aromatic carbocycles. The summed E-state index contributed by atoms with van der Waals surface area (Å²) in [5.74, 6) is 0.342. The zero-order valence-electron chi connectivity index (χ0n) is 15.3. The molecule has 0 saturated heterocycles. The van der Waals surface area contributed by atoms with Crippen LogP contribution < -0.4 is 11.1 Å². The van der Waals surface area contributed by atoms with Crippen molar-refractivity contribution < 1.29 is 4.39 Å². The Morgan fingerprint density at radius 2 is 2.12 bits per heavy atom. The van der Waals surface area contributed by atoms with Gasteiger partial charge in [-0.05, 0) is 64.1 Å². The molecule has 3 rings (SSSR count). The predicted molar refractivity (Wildman–Crippen MR) is 103 cm³/mol. The third-order valence-corrected chi connectivity index (χ3v) is 5.00. The highest BCUT2D eigenvalue weighted by Gasteiger charge is 2.29. The topological polar surface area (TPSA) is 87.7 Å². The minimum absolute atomic E-state index is 0.238. The van der Waals surface area contributed by atoms with Gasteiger partial charge in [0.15, 0.2) is 5.82 Å². The fourth-order valence-corrected chi connectivity index (χ4v) is 3.66. The van der Waals surface area contributed by atoms with Crippen molar-refractivity contribution in [3.63, 3.8) is 0 Å². The van der Waals surface area contributed by atoms with Crippen LogP contribution in [0.1, 0.15) is 45.2 Å². The van der Waals surface area contributed by atoms with Gasteiger partial charge in [0.25, 0.3) is 0 Å². The molecule has 0 aliphatic heterocycles. The lowest BCUT2D eigenvalue weighted by Gasteiger charge is -2.37. The van der Waals surface area contributed by atoms with E-state index in [1.807, 2.05) is 6.92 Å². The Labute approximate surface area is 153 Å². The van der Waals surface area contributed by atoms with Crippen LogP contribution in [-0.2, 0) is 0 Å². The quantitative estimate of drug-likeness (QED) is 0.662. The largest absolute Gasteiger partial charge is 0.385 e. The Balaban J connectivity index is 1.81. The fourth-order valence-electron chi connectivity index (χ4n) is 3.66. The number of allylic oxidation sites excluding steroid dienone is 2. The summed E-state index contributed by atoms with van der Waals surface area (Å²) in [6.45, 7) is 4.42. The fraction of sp³-hybridized carbons (Fsp3) is 0.450. The van der Waals surface area contributed by atoms with Gasteiger partial charge in [-0.1, -0.05) is 6.07 Å². The summed E-state index contributed by atoms with van der Waals surface area (Å²) in [6, 6.07) is 5.14. The third kappa shape index (κ3) is 3.90. The average Bonchev–Trinajstić information content (AvgIpc) is 2.57. The van der Waals surface area contributed by atoms with E-state index in [-0.39, 0.29) is 5.52 Å². The third-order valence-electron chi connectivity index (χ3n) is 5.00. The summed E-state index contributed by atoms with van der Waals surface area (Å²) in [5.41, 5.74) is 8.82. The van der Waals surface area contributed by atoms with Gasteiger partial charge >= 0.3 is 0 Å². The zero-order valence-corrected chi connectivity index (χ0v) is 15.3.